The Balaban J connectivity index is 1.84. The van der Waals surface area contributed by atoms with Gasteiger partial charge in [-0.05, 0) is 18.3 Å². The minimum Gasteiger partial charge on any atom is -0.488 e. The Hall–Kier alpha value is -2.22. The number of amides is 1. The number of hydrogen-bond donors (Lipinski definition) is 2. The normalized spacial score (nSPS) is 16.4. The molecule has 0 radical (unpaired) electrons. The molecule has 2 aromatic rings. The van der Waals surface area contributed by atoms with Crippen molar-refractivity contribution in [2.24, 2.45) is 0 Å². The molecule has 0 aliphatic carbocycles. The van der Waals surface area contributed by atoms with Crippen LogP contribution < -0.4 is 10.1 Å². The van der Waals surface area contributed by atoms with Gasteiger partial charge in [-0.3, -0.25) is 4.79 Å². The van der Waals surface area contributed by atoms with Gasteiger partial charge in [0.15, 0.2) is 16.3 Å². The summed E-state index contributed by atoms with van der Waals surface area (Å²) in [5.41, 5.74) is 1.39. The van der Waals surface area contributed by atoms with Crippen LogP contribution in [0.4, 0.5) is 8.78 Å². The summed E-state index contributed by atoms with van der Waals surface area (Å²) in [5.74, 6) is -1.31. The number of imidazole rings is 1. The second-order valence-corrected chi connectivity index (χ2v) is 6.12. The van der Waals surface area contributed by atoms with E-state index < -0.39 is 11.6 Å². The fourth-order valence-electron chi connectivity index (χ4n) is 2.96. The first kappa shape index (κ1) is 16.6. The van der Waals surface area contributed by atoms with E-state index in [1.165, 1.54) is 13.0 Å². The Morgan fingerprint density at radius 3 is 3.04 bits per heavy atom. The van der Waals surface area contributed by atoms with Crippen molar-refractivity contribution in [1.29, 1.82) is 0 Å². The lowest BCUT2D eigenvalue weighted by Gasteiger charge is -2.28. The van der Waals surface area contributed by atoms with Crippen molar-refractivity contribution in [3.05, 3.63) is 46.0 Å². The zero-order valence-electron chi connectivity index (χ0n) is 13.1. The van der Waals surface area contributed by atoms with Crippen LogP contribution in [0, 0.1) is 16.4 Å². The molecular weight excluding hydrogens is 336 g/mol. The number of aromatic amines is 1. The van der Waals surface area contributed by atoms with Gasteiger partial charge in [-0.2, -0.15) is 0 Å². The van der Waals surface area contributed by atoms with Crippen LogP contribution in [-0.4, -0.2) is 28.6 Å². The minimum absolute atomic E-state index is 0.100. The molecule has 0 unspecified atom stereocenters. The van der Waals surface area contributed by atoms with Gasteiger partial charge in [-0.1, -0.05) is 0 Å². The second-order valence-electron chi connectivity index (χ2n) is 5.73. The molecule has 3 rings (SSSR count). The average Bonchev–Trinajstić information content (AvgIpc) is 2.87. The summed E-state index contributed by atoms with van der Waals surface area (Å²) in [7, 11) is 0. The molecule has 2 heterocycles. The lowest BCUT2D eigenvalue weighted by atomic mass is 10.0. The van der Waals surface area contributed by atoms with E-state index in [9.17, 15) is 13.6 Å². The lowest BCUT2D eigenvalue weighted by molar-refractivity contribution is -0.118. The van der Waals surface area contributed by atoms with Crippen LogP contribution in [0.5, 0.6) is 5.75 Å². The first-order chi connectivity index (χ1) is 11.5. The van der Waals surface area contributed by atoms with Gasteiger partial charge in [0.05, 0.1) is 6.04 Å². The summed E-state index contributed by atoms with van der Waals surface area (Å²) in [6.07, 6.45) is 2.79. The first-order valence-electron chi connectivity index (χ1n) is 7.59. The van der Waals surface area contributed by atoms with E-state index in [2.05, 4.69) is 10.3 Å². The van der Waals surface area contributed by atoms with E-state index in [1.807, 2.05) is 4.57 Å². The third-order valence-electron chi connectivity index (χ3n) is 3.97. The zero-order valence-corrected chi connectivity index (χ0v) is 13.9. The molecule has 1 aliphatic heterocycles. The molecule has 5 nitrogen and oxygen atoms in total. The molecule has 24 heavy (non-hydrogen) atoms. The Morgan fingerprint density at radius 2 is 2.29 bits per heavy atom. The molecule has 1 aromatic heterocycles. The molecular formula is C16H17F2N3O2S. The molecule has 1 atom stereocenters. The smallest absolute Gasteiger partial charge is 0.216 e. The van der Waals surface area contributed by atoms with Crippen molar-refractivity contribution < 1.29 is 18.3 Å². The fourth-order valence-corrected chi connectivity index (χ4v) is 3.28. The van der Waals surface area contributed by atoms with E-state index in [-0.39, 0.29) is 24.3 Å². The molecule has 0 fully saturated rings. The van der Waals surface area contributed by atoms with Crippen molar-refractivity contribution >= 4 is 18.1 Å². The van der Waals surface area contributed by atoms with Crippen LogP contribution in [-0.2, 0) is 17.6 Å². The van der Waals surface area contributed by atoms with E-state index in [4.69, 9.17) is 17.0 Å². The third-order valence-corrected chi connectivity index (χ3v) is 4.29. The van der Waals surface area contributed by atoms with Crippen LogP contribution in [0.2, 0.25) is 0 Å². The van der Waals surface area contributed by atoms with E-state index >= 15 is 0 Å². The van der Waals surface area contributed by atoms with Gasteiger partial charge >= 0.3 is 0 Å². The molecule has 0 saturated carbocycles. The number of nitrogens with zero attached hydrogens (tertiary/aromatic N) is 1. The maximum absolute atomic E-state index is 13.8. The summed E-state index contributed by atoms with van der Waals surface area (Å²) >= 11 is 5.32. The topological polar surface area (TPSA) is 59.0 Å². The number of fused-ring (bicyclic) bond motifs is 1. The highest BCUT2D eigenvalue weighted by Gasteiger charge is 2.26. The predicted octanol–water partition coefficient (Wildman–Crippen LogP) is 2.68. The molecule has 0 bridgehead atoms. The van der Waals surface area contributed by atoms with Crippen LogP contribution in [0.25, 0.3) is 0 Å². The third kappa shape index (κ3) is 3.33. The van der Waals surface area contributed by atoms with Crippen LogP contribution in [0.1, 0.15) is 24.2 Å². The predicted molar refractivity (Wildman–Crippen MR) is 86.6 cm³/mol. The van der Waals surface area contributed by atoms with E-state index in [1.54, 1.807) is 6.20 Å². The van der Waals surface area contributed by atoms with Gasteiger partial charge in [0, 0.05) is 49.8 Å². The maximum atomic E-state index is 13.8. The number of H-pyrrole nitrogens is 1. The van der Waals surface area contributed by atoms with Crippen molar-refractivity contribution in [2.45, 2.75) is 25.8 Å². The first-order valence-corrected chi connectivity index (χ1v) is 8.00. The van der Waals surface area contributed by atoms with Crippen LogP contribution in [0.15, 0.2) is 18.3 Å². The van der Waals surface area contributed by atoms with Gasteiger partial charge < -0.3 is 19.6 Å². The van der Waals surface area contributed by atoms with Gasteiger partial charge in [0.25, 0.3) is 0 Å². The Labute approximate surface area is 142 Å². The van der Waals surface area contributed by atoms with Gasteiger partial charge in [0.2, 0.25) is 5.91 Å². The van der Waals surface area contributed by atoms with Crippen LogP contribution >= 0.6 is 12.2 Å². The van der Waals surface area contributed by atoms with Crippen molar-refractivity contribution in [3.63, 3.8) is 0 Å². The maximum Gasteiger partial charge on any atom is 0.216 e. The fraction of sp³-hybridized carbons (Fsp3) is 0.375. The molecule has 128 valence electrons. The molecule has 0 spiro atoms. The van der Waals surface area contributed by atoms with E-state index in [0.29, 0.717) is 29.7 Å². The molecule has 1 amide bonds. The number of nitrogens with one attached hydrogen (secondary N) is 2. The number of aromatic nitrogens is 2. The van der Waals surface area contributed by atoms with Gasteiger partial charge in [0.1, 0.15) is 12.4 Å². The van der Waals surface area contributed by atoms with Crippen molar-refractivity contribution in [2.75, 3.05) is 13.2 Å². The average molecular weight is 353 g/mol. The van der Waals surface area contributed by atoms with E-state index in [0.717, 1.165) is 11.8 Å². The highest BCUT2D eigenvalue weighted by atomic mass is 32.1. The molecule has 8 heteroatoms. The summed E-state index contributed by atoms with van der Waals surface area (Å²) in [5, 5.41) is 2.73. The summed E-state index contributed by atoms with van der Waals surface area (Å²) in [4.78, 5) is 14.0. The number of carbonyl (C=O) groups excluding carboxylic acids is 1. The molecule has 2 N–H and O–H groups in total. The number of ether oxygens (including phenoxy) is 1. The van der Waals surface area contributed by atoms with Crippen LogP contribution in [0.3, 0.4) is 0 Å². The summed E-state index contributed by atoms with van der Waals surface area (Å²) in [6.45, 7) is 2.18. The number of carbonyl (C=O) groups is 1. The standard InChI is InChI=1S/C16H17F2N3O2S/c1-9(22)19-3-2-12-7-20-16(24)21(12)13-5-10-4-11(17)6-14(18)15(10)23-8-13/h4,6-7,13H,2-3,5,8H2,1H3,(H,19,22)(H,20,24)/t13-/m1/s1. The molecule has 1 aliphatic rings. The summed E-state index contributed by atoms with van der Waals surface area (Å²) in [6, 6.07) is 1.95. The van der Waals surface area contributed by atoms with Gasteiger partial charge in [-0.15, -0.1) is 0 Å². The lowest BCUT2D eigenvalue weighted by Crippen LogP contribution is -2.28. The monoisotopic (exact) mass is 353 g/mol. The number of halogens is 2. The second kappa shape index (κ2) is 6.72. The largest absolute Gasteiger partial charge is 0.488 e. The van der Waals surface area contributed by atoms with Gasteiger partial charge in [-0.25, -0.2) is 8.78 Å². The Bertz CT molecular complexity index is 831. The molecule has 0 saturated heterocycles. The van der Waals surface area contributed by atoms with Crippen molar-refractivity contribution in [3.8, 4) is 5.75 Å². The molecule has 1 aromatic carbocycles. The number of benzene rings is 1. The number of hydrogen-bond acceptors (Lipinski definition) is 3. The zero-order chi connectivity index (χ0) is 17.3. The van der Waals surface area contributed by atoms with Crippen molar-refractivity contribution in [1.82, 2.24) is 14.9 Å². The summed E-state index contributed by atoms with van der Waals surface area (Å²) < 4.78 is 35.1. The Kier molecular flexibility index (Phi) is 4.66. The number of rotatable bonds is 4. The highest BCUT2D eigenvalue weighted by molar-refractivity contribution is 7.71. The SMILES string of the molecule is CC(=O)NCCc1c[nH]c(=S)n1[C@H]1COc2c(F)cc(F)cc2C1. The highest BCUT2D eigenvalue weighted by Crippen LogP contribution is 2.33. The minimum atomic E-state index is -0.688. The Morgan fingerprint density at radius 1 is 1.50 bits per heavy atom. The quantitative estimate of drug-likeness (QED) is 0.831.